The molecule has 0 bridgehead atoms. The van der Waals surface area contributed by atoms with Crippen molar-refractivity contribution in [1.29, 1.82) is 5.26 Å². The van der Waals surface area contributed by atoms with E-state index in [0.717, 1.165) is 57.0 Å². The second-order valence-electron chi connectivity index (χ2n) is 7.02. The monoisotopic (exact) mass is 352 g/mol. The predicted molar refractivity (Wildman–Crippen MR) is 100 cm³/mol. The number of nitriles is 1. The third-order valence-corrected chi connectivity index (χ3v) is 5.06. The van der Waals surface area contributed by atoms with Crippen molar-refractivity contribution < 1.29 is 4.74 Å². The van der Waals surface area contributed by atoms with Crippen LogP contribution in [0.2, 0.25) is 0 Å². The van der Waals surface area contributed by atoms with E-state index in [4.69, 9.17) is 4.74 Å². The number of fused-ring (bicyclic) bond motifs is 1. The summed E-state index contributed by atoms with van der Waals surface area (Å²) in [6, 6.07) is 6.05. The fourth-order valence-corrected chi connectivity index (χ4v) is 3.91. The molecule has 0 aliphatic carbocycles. The Labute approximate surface area is 153 Å². The molecule has 1 N–H and O–H groups in total. The van der Waals surface area contributed by atoms with E-state index in [1.54, 1.807) is 12.4 Å². The number of rotatable bonds is 3. The van der Waals surface area contributed by atoms with Gasteiger partial charge >= 0.3 is 0 Å². The van der Waals surface area contributed by atoms with Crippen molar-refractivity contribution in [3.05, 3.63) is 30.1 Å². The number of piperazine rings is 1. The van der Waals surface area contributed by atoms with Crippen molar-refractivity contribution in [3.63, 3.8) is 0 Å². The molecule has 4 rings (SSSR count). The number of ether oxygens (including phenoxy) is 1. The molecule has 2 aliphatic heterocycles. The van der Waals surface area contributed by atoms with Crippen LogP contribution in [-0.2, 0) is 4.74 Å². The molecule has 0 spiro atoms. The smallest absolute Gasteiger partial charge is 0.113 e. The van der Waals surface area contributed by atoms with E-state index in [9.17, 15) is 5.26 Å². The first-order chi connectivity index (χ1) is 12.7. The summed E-state index contributed by atoms with van der Waals surface area (Å²) in [7, 11) is 0. The maximum atomic E-state index is 9.34. The Balaban J connectivity index is 1.59. The fraction of sp³-hybridized carbons (Fsp3) is 0.526. The number of nitrogens with zero attached hydrogens (tertiary/aromatic N) is 5. The minimum atomic E-state index is 0.152. The molecule has 0 saturated carbocycles. The lowest BCUT2D eigenvalue weighted by Gasteiger charge is -2.40. The van der Waals surface area contributed by atoms with Gasteiger partial charge in [-0.1, -0.05) is 0 Å². The Kier molecular flexibility index (Phi) is 4.98. The van der Waals surface area contributed by atoms with E-state index in [0.29, 0.717) is 11.1 Å². The SMILES string of the molecule is CC1CN(c2ccc(C#N)c3nccnc23)CC(CN2CCNCC2)O1. The molecule has 3 heterocycles. The Morgan fingerprint density at radius 3 is 2.73 bits per heavy atom. The third-order valence-electron chi connectivity index (χ3n) is 5.06. The molecular weight excluding hydrogens is 328 g/mol. The van der Waals surface area contributed by atoms with Gasteiger partial charge in [0.15, 0.2) is 0 Å². The topological polar surface area (TPSA) is 77.3 Å². The molecule has 2 aromatic rings. The Hall–Kier alpha value is -2.27. The molecule has 7 nitrogen and oxygen atoms in total. The van der Waals surface area contributed by atoms with E-state index < -0.39 is 0 Å². The van der Waals surface area contributed by atoms with Gasteiger partial charge in [-0.25, -0.2) is 0 Å². The zero-order valence-electron chi connectivity index (χ0n) is 15.1. The van der Waals surface area contributed by atoms with Gasteiger partial charge in [0.2, 0.25) is 0 Å². The van der Waals surface area contributed by atoms with Crippen LogP contribution in [-0.4, -0.2) is 72.9 Å². The van der Waals surface area contributed by atoms with Crippen LogP contribution in [0.1, 0.15) is 12.5 Å². The largest absolute Gasteiger partial charge is 0.370 e. The van der Waals surface area contributed by atoms with Gasteiger partial charge in [-0.05, 0) is 19.1 Å². The molecule has 136 valence electrons. The zero-order chi connectivity index (χ0) is 17.9. The van der Waals surface area contributed by atoms with Crippen molar-refractivity contribution in [3.8, 4) is 6.07 Å². The van der Waals surface area contributed by atoms with Crippen LogP contribution in [0.4, 0.5) is 5.69 Å². The highest BCUT2D eigenvalue weighted by molar-refractivity contribution is 5.92. The van der Waals surface area contributed by atoms with Crippen LogP contribution in [0.3, 0.4) is 0 Å². The highest BCUT2D eigenvalue weighted by Crippen LogP contribution is 2.28. The Morgan fingerprint density at radius 1 is 1.19 bits per heavy atom. The van der Waals surface area contributed by atoms with Crippen LogP contribution in [0.25, 0.3) is 11.0 Å². The molecular formula is C19H24N6O. The van der Waals surface area contributed by atoms with Gasteiger partial charge in [-0.3, -0.25) is 14.9 Å². The second-order valence-corrected chi connectivity index (χ2v) is 7.02. The van der Waals surface area contributed by atoms with Crippen molar-refractivity contribution in [2.45, 2.75) is 19.1 Å². The summed E-state index contributed by atoms with van der Waals surface area (Å²) < 4.78 is 6.21. The highest BCUT2D eigenvalue weighted by atomic mass is 16.5. The van der Waals surface area contributed by atoms with Crippen molar-refractivity contribution in [2.24, 2.45) is 0 Å². The summed E-state index contributed by atoms with van der Waals surface area (Å²) in [4.78, 5) is 13.7. The van der Waals surface area contributed by atoms with Gasteiger partial charge in [-0.15, -0.1) is 0 Å². The van der Waals surface area contributed by atoms with Crippen molar-refractivity contribution in [1.82, 2.24) is 20.2 Å². The summed E-state index contributed by atoms with van der Waals surface area (Å²) >= 11 is 0. The summed E-state index contributed by atoms with van der Waals surface area (Å²) in [6.45, 7) is 8.93. The molecule has 0 radical (unpaired) electrons. The maximum absolute atomic E-state index is 9.34. The number of nitrogens with one attached hydrogen (secondary N) is 1. The summed E-state index contributed by atoms with van der Waals surface area (Å²) in [5, 5.41) is 12.7. The highest BCUT2D eigenvalue weighted by Gasteiger charge is 2.28. The Bertz CT molecular complexity index is 813. The molecule has 2 aliphatic rings. The first kappa shape index (κ1) is 17.2. The van der Waals surface area contributed by atoms with Gasteiger partial charge in [0.1, 0.15) is 17.1 Å². The zero-order valence-corrected chi connectivity index (χ0v) is 15.1. The molecule has 7 heteroatoms. The number of morpholine rings is 1. The van der Waals surface area contributed by atoms with Crippen LogP contribution >= 0.6 is 0 Å². The van der Waals surface area contributed by atoms with Crippen LogP contribution in [0, 0.1) is 11.3 Å². The van der Waals surface area contributed by atoms with E-state index >= 15 is 0 Å². The number of benzene rings is 1. The van der Waals surface area contributed by atoms with E-state index in [1.807, 2.05) is 12.1 Å². The van der Waals surface area contributed by atoms with Crippen LogP contribution in [0.15, 0.2) is 24.5 Å². The number of hydrogen-bond donors (Lipinski definition) is 1. The van der Waals surface area contributed by atoms with Crippen molar-refractivity contribution in [2.75, 3.05) is 50.7 Å². The molecule has 1 aromatic heterocycles. The fourth-order valence-electron chi connectivity index (χ4n) is 3.91. The summed E-state index contributed by atoms with van der Waals surface area (Å²) in [5.41, 5.74) is 3.06. The van der Waals surface area contributed by atoms with E-state index in [-0.39, 0.29) is 12.2 Å². The van der Waals surface area contributed by atoms with E-state index in [1.165, 1.54) is 0 Å². The summed E-state index contributed by atoms with van der Waals surface area (Å²) in [6.07, 6.45) is 3.65. The lowest BCUT2D eigenvalue weighted by molar-refractivity contribution is -0.0334. The first-order valence-corrected chi connectivity index (χ1v) is 9.22. The molecule has 26 heavy (non-hydrogen) atoms. The predicted octanol–water partition coefficient (Wildman–Crippen LogP) is 1.00. The third kappa shape index (κ3) is 3.49. The van der Waals surface area contributed by atoms with Gasteiger partial charge in [0.05, 0.1) is 23.5 Å². The summed E-state index contributed by atoms with van der Waals surface area (Å²) in [5.74, 6) is 0. The van der Waals surface area contributed by atoms with Crippen LogP contribution < -0.4 is 10.2 Å². The average molecular weight is 352 g/mol. The number of anilines is 1. The number of aromatic nitrogens is 2. The minimum Gasteiger partial charge on any atom is -0.370 e. The van der Waals surface area contributed by atoms with Crippen molar-refractivity contribution >= 4 is 16.7 Å². The lowest BCUT2D eigenvalue weighted by atomic mass is 10.1. The Morgan fingerprint density at radius 2 is 1.96 bits per heavy atom. The van der Waals surface area contributed by atoms with Gasteiger partial charge in [0, 0.05) is 58.2 Å². The van der Waals surface area contributed by atoms with Gasteiger partial charge in [0.25, 0.3) is 0 Å². The van der Waals surface area contributed by atoms with E-state index in [2.05, 4.69) is 38.1 Å². The molecule has 0 amide bonds. The quantitative estimate of drug-likeness (QED) is 0.883. The average Bonchev–Trinajstić information content (AvgIpc) is 2.67. The number of hydrogen-bond acceptors (Lipinski definition) is 7. The normalized spacial score (nSPS) is 24.5. The second kappa shape index (κ2) is 7.54. The molecule has 2 unspecified atom stereocenters. The van der Waals surface area contributed by atoms with Gasteiger partial charge < -0.3 is 15.0 Å². The molecule has 2 fully saturated rings. The lowest BCUT2D eigenvalue weighted by Crippen LogP contribution is -2.53. The minimum absolute atomic E-state index is 0.152. The van der Waals surface area contributed by atoms with Gasteiger partial charge in [-0.2, -0.15) is 5.26 Å². The maximum Gasteiger partial charge on any atom is 0.113 e. The molecule has 1 aromatic carbocycles. The molecule has 2 atom stereocenters. The first-order valence-electron chi connectivity index (χ1n) is 9.22. The standard InChI is InChI=1S/C19H24N6O/c1-14-11-25(13-16(26-14)12-24-8-6-21-7-9-24)17-3-2-15(10-20)18-19(17)23-5-4-22-18/h2-5,14,16,21H,6-9,11-13H2,1H3. The molecule has 2 saturated heterocycles. The van der Waals surface area contributed by atoms with Crippen LogP contribution in [0.5, 0.6) is 0 Å².